The zero-order valence-electron chi connectivity index (χ0n) is 14.2. The number of carbonyl (C=O) groups is 1. The Labute approximate surface area is 146 Å². The zero-order chi connectivity index (χ0) is 17.5. The minimum atomic E-state index is -0.300. The minimum absolute atomic E-state index is 0.00917. The third kappa shape index (κ3) is 5.39. The van der Waals surface area contributed by atoms with Gasteiger partial charge in [-0.2, -0.15) is 0 Å². The van der Waals surface area contributed by atoms with Crippen molar-refractivity contribution in [2.24, 2.45) is 0 Å². The van der Waals surface area contributed by atoms with Gasteiger partial charge in [-0.3, -0.25) is 4.79 Å². The van der Waals surface area contributed by atoms with Crippen LogP contribution < -0.4 is 5.32 Å². The number of nitrogens with one attached hydrogen (secondary N) is 1. The molecule has 0 unspecified atom stereocenters. The Bertz CT molecular complexity index is 676. The lowest BCUT2D eigenvalue weighted by atomic mass is 10.1. The van der Waals surface area contributed by atoms with E-state index in [0.29, 0.717) is 11.5 Å². The first kappa shape index (κ1) is 17.6. The maximum absolute atomic E-state index is 12.9. The summed E-state index contributed by atoms with van der Waals surface area (Å²) in [7, 11) is 0. The molecular formula is C19H23FN2O3. The van der Waals surface area contributed by atoms with Crippen LogP contribution in [0.2, 0.25) is 0 Å². The molecule has 0 atom stereocenters. The van der Waals surface area contributed by atoms with Crippen molar-refractivity contribution in [1.82, 2.24) is 10.5 Å². The molecule has 1 heterocycles. The SMILES string of the molecule is O=C(COCc1cc(-c2ccc(F)cc2)on1)NC1CCCCCC1. The molecule has 0 radical (unpaired) electrons. The van der Waals surface area contributed by atoms with E-state index in [-0.39, 0.29) is 31.0 Å². The van der Waals surface area contributed by atoms with Crippen LogP contribution in [-0.4, -0.2) is 23.7 Å². The lowest BCUT2D eigenvalue weighted by Gasteiger charge is -2.15. The van der Waals surface area contributed by atoms with Crippen molar-refractivity contribution in [2.75, 3.05) is 6.61 Å². The zero-order valence-corrected chi connectivity index (χ0v) is 14.2. The molecule has 1 aromatic carbocycles. The second-order valence-electron chi connectivity index (χ2n) is 6.44. The molecule has 1 saturated carbocycles. The van der Waals surface area contributed by atoms with Crippen molar-refractivity contribution in [3.05, 3.63) is 41.8 Å². The molecule has 0 aliphatic heterocycles. The second kappa shape index (κ2) is 8.76. The Morgan fingerprint density at radius 2 is 1.92 bits per heavy atom. The number of hydrogen-bond acceptors (Lipinski definition) is 4. The van der Waals surface area contributed by atoms with E-state index in [1.807, 2.05) is 0 Å². The summed E-state index contributed by atoms with van der Waals surface area (Å²) in [6.07, 6.45) is 6.97. The molecule has 0 saturated heterocycles. The Balaban J connectivity index is 1.43. The number of aromatic nitrogens is 1. The molecule has 1 N–H and O–H groups in total. The summed E-state index contributed by atoms with van der Waals surface area (Å²) in [6.45, 7) is 0.206. The van der Waals surface area contributed by atoms with Crippen LogP contribution in [0.4, 0.5) is 4.39 Å². The number of halogens is 1. The maximum atomic E-state index is 12.9. The van der Waals surface area contributed by atoms with E-state index < -0.39 is 0 Å². The van der Waals surface area contributed by atoms with Crippen LogP contribution in [0.15, 0.2) is 34.9 Å². The average Bonchev–Trinajstić information content (AvgIpc) is 2.92. The summed E-state index contributed by atoms with van der Waals surface area (Å²) in [5.41, 5.74) is 1.34. The van der Waals surface area contributed by atoms with Crippen LogP contribution in [0.1, 0.15) is 44.2 Å². The standard InChI is InChI=1S/C19H23FN2O3/c20-15-9-7-14(8-10-15)18-11-17(22-25-18)12-24-13-19(23)21-16-5-3-1-2-4-6-16/h7-11,16H,1-6,12-13H2,(H,21,23). The molecule has 3 rings (SSSR count). The first-order valence-electron chi connectivity index (χ1n) is 8.79. The van der Waals surface area contributed by atoms with E-state index in [0.717, 1.165) is 18.4 Å². The molecule has 6 heteroatoms. The summed E-state index contributed by atoms with van der Waals surface area (Å²) in [6, 6.07) is 7.99. The minimum Gasteiger partial charge on any atom is -0.365 e. The number of ether oxygens (including phenoxy) is 1. The molecule has 0 spiro atoms. The summed E-state index contributed by atoms with van der Waals surface area (Å²) in [4.78, 5) is 12.0. The molecule has 1 aliphatic carbocycles. The molecule has 1 aromatic heterocycles. The summed E-state index contributed by atoms with van der Waals surface area (Å²) >= 11 is 0. The molecule has 1 aliphatic rings. The Morgan fingerprint density at radius 3 is 2.64 bits per heavy atom. The molecule has 0 bridgehead atoms. The fraction of sp³-hybridized carbons (Fsp3) is 0.474. The molecular weight excluding hydrogens is 323 g/mol. The highest BCUT2D eigenvalue weighted by molar-refractivity contribution is 5.77. The molecule has 1 amide bonds. The van der Waals surface area contributed by atoms with Gasteiger partial charge in [0.1, 0.15) is 18.1 Å². The quantitative estimate of drug-likeness (QED) is 0.807. The highest BCUT2D eigenvalue weighted by Crippen LogP contribution is 2.21. The highest BCUT2D eigenvalue weighted by Gasteiger charge is 2.15. The lowest BCUT2D eigenvalue weighted by Crippen LogP contribution is -2.36. The van der Waals surface area contributed by atoms with Gasteiger partial charge in [-0.05, 0) is 37.1 Å². The van der Waals surface area contributed by atoms with Crippen molar-refractivity contribution in [3.8, 4) is 11.3 Å². The summed E-state index contributed by atoms with van der Waals surface area (Å²) in [5.74, 6) is 0.155. The largest absolute Gasteiger partial charge is 0.365 e. The van der Waals surface area contributed by atoms with Crippen LogP contribution in [-0.2, 0) is 16.1 Å². The average molecular weight is 346 g/mol. The van der Waals surface area contributed by atoms with Crippen molar-refractivity contribution in [3.63, 3.8) is 0 Å². The van der Waals surface area contributed by atoms with Crippen LogP contribution in [0, 0.1) is 5.82 Å². The Hall–Kier alpha value is -2.21. The van der Waals surface area contributed by atoms with Gasteiger partial charge in [-0.25, -0.2) is 4.39 Å². The maximum Gasteiger partial charge on any atom is 0.246 e. The molecule has 5 nitrogen and oxygen atoms in total. The fourth-order valence-electron chi connectivity index (χ4n) is 3.07. The van der Waals surface area contributed by atoms with Crippen molar-refractivity contribution >= 4 is 5.91 Å². The van der Waals surface area contributed by atoms with Gasteiger partial charge < -0.3 is 14.6 Å². The molecule has 134 valence electrons. The van der Waals surface area contributed by atoms with Gasteiger partial charge in [0, 0.05) is 17.7 Å². The van der Waals surface area contributed by atoms with Crippen LogP contribution in [0.3, 0.4) is 0 Å². The number of benzene rings is 1. The van der Waals surface area contributed by atoms with Gasteiger partial charge >= 0.3 is 0 Å². The van der Waals surface area contributed by atoms with Gasteiger partial charge in [0.05, 0.1) is 6.61 Å². The smallest absolute Gasteiger partial charge is 0.246 e. The van der Waals surface area contributed by atoms with Crippen LogP contribution in [0.25, 0.3) is 11.3 Å². The molecule has 2 aromatic rings. The van der Waals surface area contributed by atoms with Crippen molar-refractivity contribution in [2.45, 2.75) is 51.2 Å². The van der Waals surface area contributed by atoms with Crippen LogP contribution in [0.5, 0.6) is 0 Å². The Morgan fingerprint density at radius 1 is 1.20 bits per heavy atom. The van der Waals surface area contributed by atoms with E-state index >= 15 is 0 Å². The van der Waals surface area contributed by atoms with E-state index in [4.69, 9.17) is 9.26 Å². The highest BCUT2D eigenvalue weighted by atomic mass is 19.1. The van der Waals surface area contributed by atoms with E-state index in [9.17, 15) is 9.18 Å². The summed E-state index contributed by atoms with van der Waals surface area (Å²) < 4.78 is 23.6. The monoisotopic (exact) mass is 346 g/mol. The van der Waals surface area contributed by atoms with Gasteiger partial charge in [0.25, 0.3) is 0 Å². The number of carbonyl (C=O) groups excluding carboxylic acids is 1. The summed E-state index contributed by atoms with van der Waals surface area (Å²) in [5, 5.41) is 6.95. The Kier molecular flexibility index (Phi) is 6.17. The second-order valence-corrected chi connectivity index (χ2v) is 6.44. The lowest BCUT2D eigenvalue weighted by molar-refractivity contribution is -0.127. The van der Waals surface area contributed by atoms with Gasteiger partial charge in [-0.1, -0.05) is 30.8 Å². The first-order chi connectivity index (χ1) is 12.2. The van der Waals surface area contributed by atoms with Crippen molar-refractivity contribution < 1.29 is 18.4 Å². The van der Waals surface area contributed by atoms with E-state index in [2.05, 4.69) is 10.5 Å². The van der Waals surface area contributed by atoms with E-state index in [1.54, 1.807) is 18.2 Å². The van der Waals surface area contributed by atoms with Gasteiger partial charge in [0.15, 0.2) is 5.76 Å². The topological polar surface area (TPSA) is 64.4 Å². The molecule has 1 fully saturated rings. The third-order valence-electron chi connectivity index (χ3n) is 4.39. The predicted molar refractivity (Wildman–Crippen MR) is 91.2 cm³/mol. The third-order valence-corrected chi connectivity index (χ3v) is 4.39. The van der Waals surface area contributed by atoms with Gasteiger partial charge in [-0.15, -0.1) is 0 Å². The molecule has 25 heavy (non-hydrogen) atoms. The fourth-order valence-corrected chi connectivity index (χ4v) is 3.07. The van der Waals surface area contributed by atoms with Crippen LogP contribution >= 0.6 is 0 Å². The number of amides is 1. The normalized spacial score (nSPS) is 15.7. The van der Waals surface area contributed by atoms with Crippen molar-refractivity contribution in [1.29, 1.82) is 0 Å². The first-order valence-corrected chi connectivity index (χ1v) is 8.79. The predicted octanol–water partition coefficient (Wildman–Crippen LogP) is 3.84. The number of nitrogens with zero attached hydrogens (tertiary/aromatic N) is 1. The number of rotatable bonds is 6. The number of hydrogen-bond donors (Lipinski definition) is 1. The van der Waals surface area contributed by atoms with Gasteiger partial charge in [0.2, 0.25) is 5.91 Å². The van der Waals surface area contributed by atoms with E-state index in [1.165, 1.54) is 37.8 Å².